The first kappa shape index (κ1) is 11.6. The van der Waals surface area contributed by atoms with E-state index < -0.39 is 0 Å². The van der Waals surface area contributed by atoms with Crippen LogP contribution in [-0.4, -0.2) is 28.5 Å². The van der Waals surface area contributed by atoms with Crippen molar-refractivity contribution < 1.29 is 0 Å². The molecule has 1 atom stereocenters. The fraction of sp³-hybridized carbons (Fsp3) is 0.615. The van der Waals surface area contributed by atoms with E-state index in [-0.39, 0.29) is 11.6 Å². The van der Waals surface area contributed by atoms with Crippen LogP contribution in [0.15, 0.2) is 24.4 Å². The van der Waals surface area contributed by atoms with Crippen LogP contribution in [0.25, 0.3) is 0 Å². The van der Waals surface area contributed by atoms with Gasteiger partial charge in [0.2, 0.25) is 0 Å². The first-order valence-corrected chi connectivity index (χ1v) is 6.03. The average Bonchev–Trinajstić information content (AvgIpc) is 2.62. The highest BCUT2D eigenvalue weighted by molar-refractivity contribution is 5.11. The van der Waals surface area contributed by atoms with Crippen LogP contribution in [0.5, 0.6) is 0 Å². The van der Waals surface area contributed by atoms with E-state index in [0.717, 1.165) is 12.2 Å². The highest BCUT2D eigenvalue weighted by Gasteiger charge is 2.37. The number of likely N-dealkylation sites (tertiary alicyclic amines) is 1. The number of hydrogen-bond acceptors (Lipinski definition) is 3. The van der Waals surface area contributed by atoms with Crippen molar-refractivity contribution in [1.29, 1.82) is 0 Å². The second-order valence-corrected chi connectivity index (χ2v) is 5.12. The minimum atomic E-state index is 0.252. The lowest BCUT2D eigenvalue weighted by Crippen LogP contribution is -2.43. The molecule has 0 radical (unpaired) electrons. The second-order valence-electron chi connectivity index (χ2n) is 5.12. The maximum Gasteiger partial charge on any atom is 0.0648 e. The molecule has 3 heteroatoms. The zero-order valence-corrected chi connectivity index (χ0v) is 10.2. The van der Waals surface area contributed by atoms with Gasteiger partial charge in [0, 0.05) is 18.3 Å². The van der Waals surface area contributed by atoms with Gasteiger partial charge in [-0.15, -0.1) is 0 Å². The number of nitrogens with zero attached hydrogens (tertiary/aromatic N) is 2. The molecular formula is C13H21N3. The quantitative estimate of drug-likeness (QED) is 0.845. The summed E-state index contributed by atoms with van der Waals surface area (Å²) in [5.74, 6) is 0. The molecule has 1 aliphatic rings. The molecule has 0 amide bonds. The van der Waals surface area contributed by atoms with E-state index in [2.05, 4.69) is 29.8 Å². The highest BCUT2D eigenvalue weighted by Crippen LogP contribution is 2.35. The summed E-state index contributed by atoms with van der Waals surface area (Å²) in [6, 6.07) is 6.32. The molecule has 16 heavy (non-hydrogen) atoms. The summed E-state index contributed by atoms with van der Waals surface area (Å²) in [4.78, 5) is 6.93. The topological polar surface area (TPSA) is 42.1 Å². The third-order valence-corrected chi connectivity index (χ3v) is 3.59. The lowest BCUT2D eigenvalue weighted by Gasteiger charge is -2.37. The van der Waals surface area contributed by atoms with E-state index in [0.29, 0.717) is 6.54 Å². The first-order valence-electron chi connectivity index (χ1n) is 6.03. The summed E-state index contributed by atoms with van der Waals surface area (Å²) in [5, 5.41) is 0. The molecule has 2 N–H and O–H groups in total. The Morgan fingerprint density at radius 2 is 2.31 bits per heavy atom. The van der Waals surface area contributed by atoms with Gasteiger partial charge in [0.15, 0.2) is 0 Å². The van der Waals surface area contributed by atoms with Crippen molar-refractivity contribution >= 4 is 0 Å². The van der Waals surface area contributed by atoms with Gasteiger partial charge in [0.25, 0.3) is 0 Å². The summed E-state index contributed by atoms with van der Waals surface area (Å²) >= 11 is 0. The monoisotopic (exact) mass is 219 g/mol. The Morgan fingerprint density at radius 3 is 2.81 bits per heavy atom. The first-order chi connectivity index (χ1) is 7.65. The summed E-state index contributed by atoms with van der Waals surface area (Å²) in [6.45, 7) is 6.36. The molecule has 0 bridgehead atoms. The van der Waals surface area contributed by atoms with Crippen molar-refractivity contribution in [3.8, 4) is 0 Å². The molecule has 88 valence electrons. The van der Waals surface area contributed by atoms with Crippen LogP contribution >= 0.6 is 0 Å². The summed E-state index contributed by atoms with van der Waals surface area (Å²) in [6.07, 6.45) is 4.35. The van der Waals surface area contributed by atoms with Gasteiger partial charge in [0.1, 0.15) is 0 Å². The third-order valence-electron chi connectivity index (χ3n) is 3.59. The van der Waals surface area contributed by atoms with Gasteiger partial charge in [-0.25, -0.2) is 0 Å². The number of hydrogen-bond donors (Lipinski definition) is 1. The normalized spacial score (nSPS) is 22.2. The molecule has 3 nitrogen and oxygen atoms in total. The van der Waals surface area contributed by atoms with Gasteiger partial charge in [-0.3, -0.25) is 9.88 Å². The van der Waals surface area contributed by atoms with Gasteiger partial charge in [-0.2, -0.15) is 0 Å². The van der Waals surface area contributed by atoms with Crippen LogP contribution in [0.4, 0.5) is 0 Å². The van der Waals surface area contributed by atoms with Crippen LogP contribution < -0.4 is 5.73 Å². The van der Waals surface area contributed by atoms with Crippen LogP contribution in [0, 0.1) is 0 Å². The largest absolute Gasteiger partial charge is 0.329 e. The third kappa shape index (κ3) is 2.11. The lowest BCUT2D eigenvalue weighted by molar-refractivity contribution is 0.116. The minimum Gasteiger partial charge on any atom is -0.329 e. The Kier molecular flexibility index (Phi) is 3.26. The Hall–Kier alpha value is -0.930. The molecule has 1 saturated heterocycles. The van der Waals surface area contributed by atoms with Crippen molar-refractivity contribution in [3.05, 3.63) is 30.1 Å². The molecule has 1 aromatic heterocycles. The molecule has 1 fully saturated rings. The number of aromatic nitrogens is 1. The Balaban J connectivity index is 2.23. The Morgan fingerprint density at radius 1 is 1.50 bits per heavy atom. The summed E-state index contributed by atoms with van der Waals surface area (Å²) < 4.78 is 0. The van der Waals surface area contributed by atoms with E-state index >= 15 is 0 Å². The van der Waals surface area contributed by atoms with E-state index in [1.807, 2.05) is 18.3 Å². The Labute approximate surface area is 97.7 Å². The molecule has 1 aromatic rings. The van der Waals surface area contributed by atoms with Crippen molar-refractivity contribution in [1.82, 2.24) is 9.88 Å². The molecule has 2 rings (SSSR count). The van der Waals surface area contributed by atoms with Crippen molar-refractivity contribution in [3.63, 3.8) is 0 Å². The molecular weight excluding hydrogens is 198 g/mol. The van der Waals surface area contributed by atoms with Crippen LogP contribution in [-0.2, 0) is 0 Å². The van der Waals surface area contributed by atoms with Gasteiger partial charge in [-0.1, -0.05) is 6.07 Å². The minimum absolute atomic E-state index is 0.252. The van der Waals surface area contributed by atoms with Crippen LogP contribution in [0.3, 0.4) is 0 Å². The smallest absolute Gasteiger partial charge is 0.0648 e. The maximum atomic E-state index is 5.92. The number of nitrogens with two attached hydrogens (primary N) is 1. The molecule has 0 aromatic carbocycles. The van der Waals surface area contributed by atoms with Crippen LogP contribution in [0.2, 0.25) is 0 Å². The molecule has 0 spiro atoms. The molecule has 2 heterocycles. The van der Waals surface area contributed by atoms with Gasteiger partial charge < -0.3 is 5.73 Å². The fourth-order valence-corrected chi connectivity index (χ4v) is 2.69. The SMILES string of the molecule is CC1(C)CCCN1C(CN)c1ccccn1. The number of pyridine rings is 1. The van der Waals surface area contributed by atoms with Crippen LogP contribution in [0.1, 0.15) is 38.4 Å². The van der Waals surface area contributed by atoms with E-state index in [1.54, 1.807) is 0 Å². The zero-order chi connectivity index (χ0) is 11.6. The van der Waals surface area contributed by atoms with Crippen molar-refractivity contribution in [2.75, 3.05) is 13.1 Å². The molecule has 0 aliphatic carbocycles. The van der Waals surface area contributed by atoms with E-state index in [4.69, 9.17) is 5.73 Å². The number of rotatable bonds is 3. The standard InChI is InChI=1S/C13H21N3/c1-13(2)7-5-9-16(13)12(10-14)11-6-3-4-8-15-11/h3-4,6,8,12H,5,7,9-10,14H2,1-2H3. The Bertz CT molecular complexity index is 334. The lowest BCUT2D eigenvalue weighted by atomic mass is 9.99. The highest BCUT2D eigenvalue weighted by atomic mass is 15.2. The van der Waals surface area contributed by atoms with Crippen molar-refractivity contribution in [2.45, 2.75) is 38.3 Å². The molecule has 0 saturated carbocycles. The average molecular weight is 219 g/mol. The second kappa shape index (κ2) is 4.52. The van der Waals surface area contributed by atoms with E-state index in [1.165, 1.54) is 12.8 Å². The van der Waals surface area contributed by atoms with E-state index in [9.17, 15) is 0 Å². The molecule has 1 unspecified atom stereocenters. The maximum absolute atomic E-state index is 5.92. The van der Waals surface area contributed by atoms with Crippen molar-refractivity contribution in [2.24, 2.45) is 5.73 Å². The predicted molar refractivity (Wildman–Crippen MR) is 66.1 cm³/mol. The fourth-order valence-electron chi connectivity index (χ4n) is 2.69. The molecule has 1 aliphatic heterocycles. The van der Waals surface area contributed by atoms with Gasteiger partial charge in [0.05, 0.1) is 11.7 Å². The zero-order valence-electron chi connectivity index (χ0n) is 10.2. The predicted octanol–water partition coefficient (Wildman–Crippen LogP) is 1.96. The van der Waals surface area contributed by atoms with Gasteiger partial charge in [-0.05, 0) is 45.4 Å². The summed E-state index contributed by atoms with van der Waals surface area (Å²) in [7, 11) is 0. The summed E-state index contributed by atoms with van der Waals surface area (Å²) in [5.41, 5.74) is 7.27. The van der Waals surface area contributed by atoms with Gasteiger partial charge >= 0.3 is 0 Å².